The van der Waals surface area contributed by atoms with Crippen LogP contribution in [-0.4, -0.2) is 34.1 Å². The van der Waals surface area contributed by atoms with Gasteiger partial charge >= 0.3 is 17.9 Å². The second-order valence-electron chi connectivity index (χ2n) is 2.22. The number of ether oxygens (including phenoxy) is 1. The fourth-order valence-corrected chi connectivity index (χ4v) is 0.671. The molecule has 0 atom stereocenters. The maximum Gasteiger partial charge on any atom is 0.394 e. The van der Waals surface area contributed by atoms with Gasteiger partial charge in [-0.3, -0.25) is 4.79 Å². The molecule has 0 bridgehead atoms. The second-order valence-corrected chi connectivity index (χ2v) is 2.22. The van der Waals surface area contributed by atoms with Gasteiger partial charge in [-0.15, -0.1) is 0 Å². The number of carbonyl (C=O) groups is 2. The Kier molecular flexibility index (Phi) is 2.95. The highest BCUT2D eigenvalue weighted by Crippen LogP contribution is 2.06. The van der Waals surface area contributed by atoms with Crippen molar-refractivity contribution in [1.82, 2.24) is 9.97 Å². The minimum Gasteiger partial charge on any atom is -0.474 e. The first-order chi connectivity index (χ1) is 6.63. The highest BCUT2D eigenvalue weighted by molar-refractivity contribution is 6.36. The van der Waals surface area contributed by atoms with E-state index >= 15 is 0 Å². The molecule has 0 aromatic carbocycles. The largest absolute Gasteiger partial charge is 0.474 e. The minimum atomic E-state index is -1.57. The Morgan fingerprint density at radius 3 is 2.43 bits per heavy atom. The standard InChI is InChI=1S/C7H7N3O4/c1-14-7-8-2-4(3-9-7)10-5(11)6(12)13/h2-3H,1H3,(H,10,11)(H,12,13). The van der Waals surface area contributed by atoms with Gasteiger partial charge in [0.25, 0.3) is 0 Å². The van der Waals surface area contributed by atoms with Crippen LogP contribution in [0.25, 0.3) is 0 Å². The summed E-state index contributed by atoms with van der Waals surface area (Å²) in [7, 11) is 1.39. The van der Waals surface area contributed by atoms with E-state index in [0.717, 1.165) is 0 Å². The summed E-state index contributed by atoms with van der Waals surface area (Å²) in [5.74, 6) is -2.71. The molecule has 0 fully saturated rings. The molecule has 0 aliphatic carbocycles. The Morgan fingerprint density at radius 2 is 2.00 bits per heavy atom. The molecule has 14 heavy (non-hydrogen) atoms. The van der Waals surface area contributed by atoms with Crippen molar-refractivity contribution in [2.75, 3.05) is 12.4 Å². The quantitative estimate of drug-likeness (QED) is 0.620. The SMILES string of the molecule is COc1ncc(NC(=O)C(=O)O)cn1. The van der Waals surface area contributed by atoms with E-state index in [4.69, 9.17) is 5.11 Å². The van der Waals surface area contributed by atoms with Crippen LogP contribution in [0.4, 0.5) is 5.69 Å². The van der Waals surface area contributed by atoms with Gasteiger partial charge < -0.3 is 15.2 Å². The number of methoxy groups -OCH3 is 1. The molecule has 0 saturated heterocycles. The summed E-state index contributed by atoms with van der Waals surface area (Å²) in [6.45, 7) is 0. The van der Waals surface area contributed by atoms with Crippen molar-refractivity contribution in [3.05, 3.63) is 12.4 Å². The fraction of sp³-hybridized carbons (Fsp3) is 0.143. The van der Waals surface area contributed by atoms with Crippen LogP contribution in [0.2, 0.25) is 0 Å². The number of carbonyl (C=O) groups excluding carboxylic acids is 1. The zero-order valence-electron chi connectivity index (χ0n) is 7.22. The van der Waals surface area contributed by atoms with Crippen LogP contribution in [0.1, 0.15) is 0 Å². The minimum absolute atomic E-state index is 0.137. The number of anilines is 1. The van der Waals surface area contributed by atoms with Crippen molar-refractivity contribution in [1.29, 1.82) is 0 Å². The number of nitrogens with one attached hydrogen (secondary N) is 1. The van der Waals surface area contributed by atoms with Gasteiger partial charge in [0.1, 0.15) is 0 Å². The Morgan fingerprint density at radius 1 is 1.43 bits per heavy atom. The van der Waals surface area contributed by atoms with Crippen molar-refractivity contribution in [2.45, 2.75) is 0 Å². The number of aliphatic carboxylic acids is 1. The molecule has 0 saturated carbocycles. The molecule has 1 heterocycles. The van der Waals surface area contributed by atoms with Crippen molar-refractivity contribution in [3.63, 3.8) is 0 Å². The Bertz CT molecular complexity index is 348. The van der Waals surface area contributed by atoms with Crippen LogP contribution in [-0.2, 0) is 9.59 Å². The van der Waals surface area contributed by atoms with Crippen LogP contribution in [0.15, 0.2) is 12.4 Å². The molecule has 2 N–H and O–H groups in total. The number of aromatic nitrogens is 2. The smallest absolute Gasteiger partial charge is 0.394 e. The van der Waals surface area contributed by atoms with Crippen molar-refractivity contribution in [2.24, 2.45) is 0 Å². The van der Waals surface area contributed by atoms with Crippen LogP contribution >= 0.6 is 0 Å². The number of amides is 1. The third-order valence-corrected chi connectivity index (χ3v) is 1.26. The van der Waals surface area contributed by atoms with Gasteiger partial charge in [0.2, 0.25) is 0 Å². The summed E-state index contributed by atoms with van der Waals surface area (Å²) in [5.41, 5.74) is 0.193. The first kappa shape index (κ1) is 9.90. The first-order valence-corrected chi connectivity index (χ1v) is 3.54. The lowest BCUT2D eigenvalue weighted by molar-refractivity contribution is -0.147. The van der Waals surface area contributed by atoms with E-state index in [-0.39, 0.29) is 11.7 Å². The summed E-state index contributed by atoms with van der Waals surface area (Å²) in [6.07, 6.45) is 2.49. The molecule has 7 heteroatoms. The molecular weight excluding hydrogens is 190 g/mol. The van der Waals surface area contributed by atoms with Gasteiger partial charge in [-0.05, 0) is 0 Å². The Balaban J connectivity index is 2.69. The van der Waals surface area contributed by atoms with E-state index in [2.05, 4.69) is 20.0 Å². The monoisotopic (exact) mass is 197 g/mol. The molecule has 74 valence electrons. The van der Waals surface area contributed by atoms with Crippen LogP contribution in [0.5, 0.6) is 6.01 Å². The molecule has 1 aromatic heterocycles. The molecule has 1 aromatic rings. The molecule has 1 amide bonds. The van der Waals surface area contributed by atoms with Gasteiger partial charge in [0.05, 0.1) is 25.2 Å². The van der Waals surface area contributed by atoms with Crippen molar-refractivity contribution < 1.29 is 19.4 Å². The molecule has 0 spiro atoms. The molecule has 0 unspecified atom stereocenters. The fourth-order valence-electron chi connectivity index (χ4n) is 0.671. The van der Waals surface area contributed by atoms with E-state index in [1.807, 2.05) is 0 Å². The maximum atomic E-state index is 10.7. The normalized spacial score (nSPS) is 9.21. The summed E-state index contributed by atoms with van der Waals surface area (Å²) in [5, 5.41) is 10.3. The van der Waals surface area contributed by atoms with Crippen LogP contribution in [0.3, 0.4) is 0 Å². The van der Waals surface area contributed by atoms with Gasteiger partial charge in [0, 0.05) is 0 Å². The molecule has 0 aliphatic rings. The molecule has 1 rings (SSSR count). The summed E-state index contributed by atoms with van der Waals surface area (Å²) < 4.78 is 4.67. The summed E-state index contributed by atoms with van der Waals surface area (Å²) in [4.78, 5) is 28.2. The average molecular weight is 197 g/mol. The number of nitrogens with zero attached hydrogens (tertiary/aromatic N) is 2. The topological polar surface area (TPSA) is 101 Å². The number of rotatable bonds is 2. The van der Waals surface area contributed by atoms with Crippen molar-refractivity contribution in [3.8, 4) is 6.01 Å². The summed E-state index contributed by atoms with van der Waals surface area (Å²) >= 11 is 0. The van der Waals surface area contributed by atoms with E-state index in [9.17, 15) is 9.59 Å². The Labute approximate surface area is 78.7 Å². The number of hydrogen-bond acceptors (Lipinski definition) is 5. The third-order valence-electron chi connectivity index (χ3n) is 1.26. The maximum absolute atomic E-state index is 10.7. The zero-order chi connectivity index (χ0) is 10.6. The first-order valence-electron chi connectivity index (χ1n) is 3.54. The van der Waals surface area contributed by atoms with Crippen LogP contribution in [0, 0.1) is 0 Å². The predicted octanol–water partition coefficient (Wildman–Crippen LogP) is -0.492. The van der Waals surface area contributed by atoms with E-state index in [1.54, 1.807) is 0 Å². The van der Waals surface area contributed by atoms with E-state index in [1.165, 1.54) is 19.5 Å². The lowest BCUT2D eigenvalue weighted by Crippen LogP contribution is -2.21. The highest BCUT2D eigenvalue weighted by Gasteiger charge is 2.11. The van der Waals surface area contributed by atoms with Gasteiger partial charge in [-0.2, -0.15) is 0 Å². The second kappa shape index (κ2) is 4.17. The van der Waals surface area contributed by atoms with Crippen molar-refractivity contribution >= 4 is 17.6 Å². The number of carboxylic acids is 1. The number of hydrogen-bond donors (Lipinski definition) is 2. The highest BCUT2D eigenvalue weighted by atomic mass is 16.5. The Hall–Kier alpha value is -2.18. The predicted molar refractivity (Wildman–Crippen MR) is 44.8 cm³/mol. The van der Waals surface area contributed by atoms with Gasteiger partial charge in [0.15, 0.2) is 0 Å². The van der Waals surface area contributed by atoms with Gasteiger partial charge in [-0.25, -0.2) is 14.8 Å². The molecular formula is C7H7N3O4. The third kappa shape index (κ3) is 2.41. The van der Waals surface area contributed by atoms with Crippen LogP contribution < -0.4 is 10.1 Å². The lowest BCUT2D eigenvalue weighted by Gasteiger charge is -2.01. The number of carboxylic acid groups (broad SMARTS) is 1. The zero-order valence-corrected chi connectivity index (χ0v) is 7.22. The van der Waals surface area contributed by atoms with E-state index in [0.29, 0.717) is 0 Å². The summed E-state index contributed by atoms with van der Waals surface area (Å²) in [6, 6.07) is 0.137. The van der Waals surface area contributed by atoms with Gasteiger partial charge in [-0.1, -0.05) is 0 Å². The molecule has 0 radical (unpaired) electrons. The molecule has 7 nitrogen and oxygen atoms in total. The lowest BCUT2D eigenvalue weighted by atomic mass is 10.5. The molecule has 0 aliphatic heterocycles. The van der Waals surface area contributed by atoms with E-state index < -0.39 is 11.9 Å². The average Bonchev–Trinajstić information content (AvgIpc) is 2.19.